The first-order valence-corrected chi connectivity index (χ1v) is 9.28. The zero-order chi connectivity index (χ0) is 17.6. The maximum Gasteiger partial charge on any atom is 0.253 e. The zero-order valence-corrected chi connectivity index (χ0v) is 15.2. The van der Waals surface area contributed by atoms with Crippen molar-refractivity contribution >= 4 is 29.3 Å². The summed E-state index contributed by atoms with van der Waals surface area (Å²) in [7, 11) is 0. The van der Waals surface area contributed by atoms with Crippen molar-refractivity contribution < 1.29 is 4.79 Å². The van der Waals surface area contributed by atoms with E-state index in [1.807, 2.05) is 42.7 Å². The standard InChI is InChI=1S/C18H17ClN4OS/c1-25-15-6-7-17(19)16(8-15)18(24)21-9-13-2-4-14(5-3-13)10-23-12-20-11-22-23/h2-8,11-12H,9-10H2,1H3,(H,21,24). The van der Waals surface area contributed by atoms with Gasteiger partial charge in [-0.05, 0) is 35.6 Å². The molecule has 2 aromatic carbocycles. The lowest BCUT2D eigenvalue weighted by Gasteiger charge is -2.09. The number of benzene rings is 2. The summed E-state index contributed by atoms with van der Waals surface area (Å²) in [5.41, 5.74) is 2.64. The SMILES string of the molecule is CSc1ccc(Cl)c(C(=O)NCc2ccc(Cn3cncn3)cc2)c1. The highest BCUT2D eigenvalue weighted by atomic mass is 35.5. The predicted molar refractivity (Wildman–Crippen MR) is 100.0 cm³/mol. The van der Waals surface area contributed by atoms with E-state index in [1.54, 1.807) is 28.8 Å². The molecule has 0 aliphatic rings. The molecule has 5 nitrogen and oxygen atoms in total. The number of amides is 1. The number of hydrogen-bond donors (Lipinski definition) is 1. The molecule has 1 aromatic heterocycles. The molecule has 7 heteroatoms. The molecule has 3 rings (SSSR count). The average Bonchev–Trinajstić information content (AvgIpc) is 3.14. The van der Waals surface area contributed by atoms with E-state index >= 15 is 0 Å². The molecule has 128 valence electrons. The summed E-state index contributed by atoms with van der Waals surface area (Å²) in [5.74, 6) is -0.174. The number of rotatable bonds is 6. The van der Waals surface area contributed by atoms with E-state index in [0.717, 1.165) is 16.0 Å². The molecule has 0 atom stereocenters. The highest BCUT2D eigenvalue weighted by Crippen LogP contribution is 2.23. The van der Waals surface area contributed by atoms with Crippen LogP contribution in [0.2, 0.25) is 5.02 Å². The minimum absolute atomic E-state index is 0.174. The van der Waals surface area contributed by atoms with Crippen molar-refractivity contribution in [3.8, 4) is 0 Å². The van der Waals surface area contributed by atoms with Crippen molar-refractivity contribution in [3.63, 3.8) is 0 Å². The number of carbonyl (C=O) groups is 1. The van der Waals surface area contributed by atoms with E-state index in [1.165, 1.54) is 6.33 Å². The van der Waals surface area contributed by atoms with Gasteiger partial charge in [0.1, 0.15) is 12.7 Å². The van der Waals surface area contributed by atoms with Gasteiger partial charge < -0.3 is 5.32 Å². The van der Waals surface area contributed by atoms with Crippen LogP contribution in [0.1, 0.15) is 21.5 Å². The van der Waals surface area contributed by atoms with Gasteiger partial charge in [-0.15, -0.1) is 11.8 Å². The molecule has 0 saturated carbocycles. The van der Waals surface area contributed by atoms with Gasteiger partial charge in [0.05, 0.1) is 17.1 Å². The Morgan fingerprint density at radius 1 is 1.20 bits per heavy atom. The molecule has 1 heterocycles. The minimum Gasteiger partial charge on any atom is -0.348 e. The minimum atomic E-state index is -0.174. The predicted octanol–water partition coefficient (Wildman–Crippen LogP) is 3.63. The van der Waals surface area contributed by atoms with Crippen LogP contribution in [0.4, 0.5) is 0 Å². The van der Waals surface area contributed by atoms with E-state index in [2.05, 4.69) is 15.4 Å². The van der Waals surface area contributed by atoms with Gasteiger partial charge in [0, 0.05) is 11.4 Å². The maximum atomic E-state index is 12.4. The number of nitrogens with one attached hydrogen (secondary N) is 1. The lowest BCUT2D eigenvalue weighted by atomic mass is 10.1. The van der Waals surface area contributed by atoms with Gasteiger partial charge in [0.2, 0.25) is 0 Å². The van der Waals surface area contributed by atoms with Crippen molar-refractivity contribution in [2.45, 2.75) is 18.0 Å². The fraction of sp³-hybridized carbons (Fsp3) is 0.167. The number of hydrogen-bond acceptors (Lipinski definition) is 4. The Bertz CT molecular complexity index is 850. The largest absolute Gasteiger partial charge is 0.348 e. The summed E-state index contributed by atoms with van der Waals surface area (Å²) in [6.07, 6.45) is 5.16. The normalized spacial score (nSPS) is 10.6. The Balaban J connectivity index is 1.60. The van der Waals surface area contributed by atoms with Crippen LogP contribution in [0.3, 0.4) is 0 Å². The maximum absolute atomic E-state index is 12.4. The first-order valence-electron chi connectivity index (χ1n) is 7.67. The highest BCUT2D eigenvalue weighted by molar-refractivity contribution is 7.98. The molecule has 0 bridgehead atoms. The smallest absolute Gasteiger partial charge is 0.253 e. The second kappa shape index (κ2) is 8.18. The number of halogens is 1. The van der Waals surface area contributed by atoms with Crippen LogP contribution >= 0.6 is 23.4 Å². The van der Waals surface area contributed by atoms with Gasteiger partial charge in [0.15, 0.2) is 0 Å². The Kier molecular flexibility index (Phi) is 5.73. The number of nitrogens with zero attached hydrogens (tertiary/aromatic N) is 3. The van der Waals surface area contributed by atoms with Gasteiger partial charge in [0.25, 0.3) is 5.91 Å². The highest BCUT2D eigenvalue weighted by Gasteiger charge is 2.11. The Morgan fingerprint density at radius 3 is 2.64 bits per heavy atom. The molecule has 0 aliphatic heterocycles. The van der Waals surface area contributed by atoms with Gasteiger partial charge in [-0.1, -0.05) is 35.9 Å². The molecule has 1 N–H and O–H groups in total. The summed E-state index contributed by atoms with van der Waals surface area (Å²) in [6.45, 7) is 1.12. The summed E-state index contributed by atoms with van der Waals surface area (Å²) in [4.78, 5) is 17.3. The van der Waals surface area contributed by atoms with E-state index in [0.29, 0.717) is 23.7 Å². The van der Waals surface area contributed by atoms with Crippen LogP contribution in [0.5, 0.6) is 0 Å². The topological polar surface area (TPSA) is 59.8 Å². The molecular formula is C18H17ClN4OS. The Morgan fingerprint density at radius 2 is 1.96 bits per heavy atom. The van der Waals surface area contributed by atoms with Crippen LogP contribution in [0, 0.1) is 0 Å². The molecule has 1 amide bonds. The average molecular weight is 373 g/mol. The number of aromatic nitrogens is 3. The molecule has 0 aliphatic carbocycles. The molecule has 0 saturated heterocycles. The summed E-state index contributed by atoms with van der Waals surface area (Å²) in [6, 6.07) is 13.5. The molecule has 0 radical (unpaired) electrons. The second-order valence-electron chi connectivity index (χ2n) is 5.44. The molecule has 0 unspecified atom stereocenters. The van der Waals surface area contributed by atoms with E-state index < -0.39 is 0 Å². The van der Waals surface area contributed by atoms with Crippen LogP contribution in [0.15, 0.2) is 60.0 Å². The second-order valence-corrected chi connectivity index (χ2v) is 6.72. The summed E-state index contributed by atoms with van der Waals surface area (Å²) in [5, 5.41) is 7.45. The number of thioether (sulfide) groups is 1. The van der Waals surface area contributed by atoms with Gasteiger partial charge in [-0.3, -0.25) is 4.79 Å². The summed E-state index contributed by atoms with van der Waals surface area (Å²) >= 11 is 7.71. The Hall–Kier alpha value is -2.31. The fourth-order valence-electron chi connectivity index (χ4n) is 2.35. The zero-order valence-electron chi connectivity index (χ0n) is 13.6. The molecule has 25 heavy (non-hydrogen) atoms. The summed E-state index contributed by atoms with van der Waals surface area (Å²) < 4.78 is 1.76. The van der Waals surface area contributed by atoms with Crippen LogP contribution < -0.4 is 5.32 Å². The lowest BCUT2D eigenvalue weighted by Crippen LogP contribution is -2.23. The first-order chi connectivity index (χ1) is 12.2. The third-order valence-electron chi connectivity index (χ3n) is 3.71. The molecule has 0 spiro atoms. The van der Waals surface area contributed by atoms with Crippen LogP contribution in [-0.4, -0.2) is 26.9 Å². The van der Waals surface area contributed by atoms with Gasteiger partial charge in [-0.25, -0.2) is 9.67 Å². The van der Waals surface area contributed by atoms with Crippen molar-refractivity contribution in [1.82, 2.24) is 20.1 Å². The van der Waals surface area contributed by atoms with E-state index in [9.17, 15) is 4.79 Å². The molecular weight excluding hydrogens is 356 g/mol. The van der Waals surface area contributed by atoms with Gasteiger partial charge in [-0.2, -0.15) is 5.10 Å². The lowest BCUT2D eigenvalue weighted by molar-refractivity contribution is 0.0951. The van der Waals surface area contributed by atoms with Gasteiger partial charge >= 0.3 is 0 Å². The monoisotopic (exact) mass is 372 g/mol. The van der Waals surface area contributed by atoms with Crippen molar-refractivity contribution in [2.24, 2.45) is 0 Å². The van der Waals surface area contributed by atoms with E-state index in [4.69, 9.17) is 11.6 Å². The Labute approximate surface area is 155 Å². The quantitative estimate of drug-likeness (QED) is 0.671. The third kappa shape index (κ3) is 4.61. The van der Waals surface area contributed by atoms with Crippen molar-refractivity contribution in [1.29, 1.82) is 0 Å². The fourth-order valence-corrected chi connectivity index (χ4v) is 2.99. The van der Waals surface area contributed by atoms with Crippen LogP contribution in [0.25, 0.3) is 0 Å². The molecule has 0 fully saturated rings. The number of carbonyl (C=O) groups excluding carboxylic acids is 1. The van der Waals surface area contributed by atoms with E-state index in [-0.39, 0.29) is 5.91 Å². The molecule has 3 aromatic rings. The van der Waals surface area contributed by atoms with Crippen LogP contribution in [-0.2, 0) is 13.1 Å². The van der Waals surface area contributed by atoms with Crippen molar-refractivity contribution in [3.05, 3.63) is 76.8 Å². The van der Waals surface area contributed by atoms with Crippen molar-refractivity contribution in [2.75, 3.05) is 6.26 Å². The third-order valence-corrected chi connectivity index (χ3v) is 4.76. The first kappa shape index (κ1) is 17.5.